The molecule has 3 nitrogen and oxygen atoms in total. The molecule has 2 aromatic rings. The number of hydrogen-bond donors (Lipinski definition) is 0. The maximum atomic E-state index is 10.4. The molecule has 0 N–H and O–H groups in total. The van der Waals surface area contributed by atoms with Gasteiger partial charge >= 0.3 is 21.6 Å². The Labute approximate surface area is 123 Å². The first-order valence-electron chi connectivity index (χ1n) is 5.79. The van der Waals surface area contributed by atoms with Crippen molar-refractivity contribution < 1.29 is 34.6 Å². The Morgan fingerprint density at radius 3 is 2.53 bits per heavy atom. The maximum Gasteiger partial charge on any atom is 0.523 e. The van der Waals surface area contributed by atoms with E-state index < -0.39 is 27.6 Å². The summed E-state index contributed by atoms with van der Waals surface area (Å²) in [6.07, 6.45) is 0. The molecule has 0 fully saturated rings. The van der Waals surface area contributed by atoms with E-state index in [0.717, 1.165) is 14.7 Å². The highest BCUT2D eigenvalue weighted by atomic mass is 127. The quantitative estimate of drug-likeness (QED) is 0.611. The average molecular weight is 368 g/mol. The second-order valence-electron chi connectivity index (χ2n) is 4.05. The summed E-state index contributed by atoms with van der Waals surface area (Å²) < 4.78 is 6.29. The van der Waals surface area contributed by atoms with Crippen molar-refractivity contribution in [2.75, 3.05) is 6.61 Å². The lowest BCUT2D eigenvalue weighted by atomic mass is 10.0. The number of carboxylic acids is 1. The van der Waals surface area contributed by atoms with Gasteiger partial charge in [0, 0.05) is 5.56 Å². The van der Waals surface area contributed by atoms with Crippen LogP contribution < -0.4 is 26.7 Å². The predicted molar refractivity (Wildman–Crippen MR) is 66.3 cm³/mol. The third-order valence-electron chi connectivity index (χ3n) is 2.55. The molecule has 0 heterocycles. The molecule has 0 aliphatic heterocycles. The van der Waals surface area contributed by atoms with Crippen molar-refractivity contribution in [3.63, 3.8) is 0 Å². The molecule has 0 bridgehead atoms. The van der Waals surface area contributed by atoms with Gasteiger partial charge in [0.25, 0.3) is 0 Å². The molecule has 0 aromatic heterocycles. The highest BCUT2D eigenvalue weighted by molar-refractivity contribution is 5.65. The van der Waals surface area contributed by atoms with Crippen molar-refractivity contribution in [3.05, 3.63) is 57.7 Å². The third-order valence-corrected chi connectivity index (χ3v) is 4.58. The number of halogens is 1. The first-order chi connectivity index (χ1) is 9.16. The zero-order valence-corrected chi connectivity index (χ0v) is 12.6. The minimum atomic E-state index is -1.17. The Balaban J connectivity index is 2.20. The highest BCUT2D eigenvalue weighted by Gasteiger charge is 2.20. The van der Waals surface area contributed by atoms with Gasteiger partial charge in [0.1, 0.15) is 6.61 Å². The topological polar surface area (TPSA) is 49.4 Å². The van der Waals surface area contributed by atoms with Crippen LogP contribution in [0.3, 0.4) is 0 Å². The molecule has 0 atom stereocenters. The number of aliphatic carboxylic acids is 1. The van der Waals surface area contributed by atoms with E-state index in [2.05, 4.69) is 24.3 Å². The molecule has 0 radical (unpaired) electrons. The van der Waals surface area contributed by atoms with E-state index in [1.165, 1.54) is 5.56 Å². The van der Waals surface area contributed by atoms with Crippen molar-refractivity contribution in [3.8, 4) is 11.1 Å². The number of rotatable bonds is 5. The molecule has 0 saturated heterocycles. The Bertz CT molecular complexity index is 564. The lowest BCUT2D eigenvalue weighted by Crippen LogP contribution is -3.62. The fourth-order valence-electron chi connectivity index (χ4n) is 1.63. The second kappa shape index (κ2) is 6.68. The summed E-state index contributed by atoms with van der Waals surface area (Å²) in [6, 6.07) is 16.2. The average Bonchev–Trinajstić information content (AvgIpc) is 2.40. The Morgan fingerprint density at radius 1 is 1.16 bits per heavy atom. The molecule has 19 heavy (non-hydrogen) atoms. The summed E-state index contributed by atoms with van der Waals surface area (Å²) in [5.41, 5.74) is 3.44. The van der Waals surface area contributed by atoms with Gasteiger partial charge in [0.15, 0.2) is 0 Å². The summed E-state index contributed by atoms with van der Waals surface area (Å²) in [7, 11) is 0. The molecule has 2 aromatic carbocycles. The Kier molecular flexibility index (Phi) is 4.93. The van der Waals surface area contributed by atoms with E-state index in [1.54, 1.807) is 0 Å². The molecule has 98 valence electrons. The molecule has 0 aliphatic carbocycles. The van der Waals surface area contributed by atoms with E-state index in [4.69, 9.17) is 3.07 Å². The van der Waals surface area contributed by atoms with Crippen molar-refractivity contribution >= 4 is 5.97 Å². The van der Waals surface area contributed by atoms with Gasteiger partial charge in [-0.05, 0) is 24.6 Å². The fourth-order valence-corrected chi connectivity index (χ4v) is 3.45. The lowest BCUT2D eigenvalue weighted by Gasteiger charge is -2.02. The predicted octanol–water partition coefficient (Wildman–Crippen LogP) is -1.40. The summed E-state index contributed by atoms with van der Waals surface area (Å²) in [5.74, 6) is -1.17. The van der Waals surface area contributed by atoms with Gasteiger partial charge in [-0.3, -0.25) is 0 Å². The zero-order chi connectivity index (χ0) is 13.7. The smallest absolute Gasteiger partial charge is 0.523 e. The largest absolute Gasteiger partial charge is 0.547 e. The van der Waals surface area contributed by atoms with Crippen molar-refractivity contribution in [1.82, 2.24) is 0 Å². The Hall–Kier alpha value is -1.40. The van der Waals surface area contributed by atoms with Crippen LogP contribution in [0.5, 0.6) is 0 Å². The van der Waals surface area contributed by atoms with E-state index >= 15 is 0 Å². The van der Waals surface area contributed by atoms with Crippen LogP contribution in [-0.4, -0.2) is 12.6 Å². The normalized spacial score (nSPS) is 10.4. The first-order valence-corrected chi connectivity index (χ1v) is 7.75. The Morgan fingerprint density at radius 2 is 1.84 bits per heavy atom. The SMILES string of the molecule is Cc1ccc(-c2ccccc2[I+]OCC(=O)[O-])cc1. The van der Waals surface area contributed by atoms with Crippen molar-refractivity contribution in [1.29, 1.82) is 0 Å². The maximum absolute atomic E-state index is 10.4. The number of benzene rings is 2. The molecular weight excluding hydrogens is 355 g/mol. The number of carbonyl (C=O) groups excluding carboxylic acids is 1. The van der Waals surface area contributed by atoms with Gasteiger partial charge in [-0.2, -0.15) is 0 Å². The number of carboxylic acid groups (broad SMARTS) is 1. The number of aryl methyl sites for hydroxylation is 1. The van der Waals surface area contributed by atoms with Crippen LogP contribution in [0.25, 0.3) is 11.1 Å². The minimum absolute atomic E-state index is 0.338. The van der Waals surface area contributed by atoms with E-state index in [9.17, 15) is 9.90 Å². The molecule has 4 heteroatoms. The summed E-state index contributed by atoms with van der Waals surface area (Å²) >= 11 is -0.783. The molecule has 0 amide bonds. The van der Waals surface area contributed by atoms with Crippen LogP contribution >= 0.6 is 0 Å². The molecule has 0 saturated carbocycles. The van der Waals surface area contributed by atoms with Crippen LogP contribution in [0.2, 0.25) is 0 Å². The molecule has 0 unspecified atom stereocenters. The summed E-state index contributed by atoms with van der Waals surface area (Å²) in [5, 5.41) is 10.4. The molecular formula is C15H13IO3. The zero-order valence-electron chi connectivity index (χ0n) is 10.4. The first kappa shape index (κ1) is 14.0. The highest BCUT2D eigenvalue weighted by Crippen LogP contribution is 2.19. The summed E-state index contributed by atoms with van der Waals surface area (Å²) in [6.45, 7) is 1.71. The van der Waals surface area contributed by atoms with Crippen molar-refractivity contribution in [2.45, 2.75) is 6.92 Å². The monoisotopic (exact) mass is 368 g/mol. The van der Waals surface area contributed by atoms with Gasteiger partial charge < -0.3 is 9.90 Å². The van der Waals surface area contributed by atoms with E-state index in [-0.39, 0.29) is 6.61 Å². The number of hydrogen-bond acceptors (Lipinski definition) is 3. The third kappa shape index (κ3) is 4.04. The summed E-state index contributed by atoms with van der Waals surface area (Å²) in [4.78, 5) is 10.4. The van der Waals surface area contributed by atoms with E-state index in [0.29, 0.717) is 0 Å². The van der Waals surface area contributed by atoms with Crippen LogP contribution in [-0.2, 0) is 7.86 Å². The second-order valence-corrected chi connectivity index (χ2v) is 6.27. The van der Waals surface area contributed by atoms with Gasteiger partial charge in [0.2, 0.25) is 3.57 Å². The molecule has 0 aliphatic rings. The van der Waals surface area contributed by atoms with Crippen LogP contribution in [0.15, 0.2) is 48.5 Å². The van der Waals surface area contributed by atoms with Crippen LogP contribution in [0.4, 0.5) is 0 Å². The van der Waals surface area contributed by atoms with Crippen molar-refractivity contribution in [2.24, 2.45) is 0 Å². The van der Waals surface area contributed by atoms with Crippen LogP contribution in [0, 0.1) is 10.5 Å². The van der Waals surface area contributed by atoms with Gasteiger partial charge in [0.05, 0.1) is 5.97 Å². The van der Waals surface area contributed by atoms with Gasteiger partial charge in [-0.15, -0.1) is 3.07 Å². The van der Waals surface area contributed by atoms with Gasteiger partial charge in [-0.25, -0.2) is 0 Å². The fraction of sp³-hybridized carbons (Fsp3) is 0.133. The van der Waals surface area contributed by atoms with Crippen LogP contribution in [0.1, 0.15) is 5.56 Å². The number of carbonyl (C=O) groups is 1. The molecule has 0 spiro atoms. The van der Waals surface area contributed by atoms with E-state index in [1.807, 2.05) is 31.2 Å². The lowest BCUT2D eigenvalue weighted by molar-refractivity contribution is -0.874. The standard InChI is InChI=1S/C15H13IO3/c1-11-6-8-12(9-7-11)13-4-2-3-5-14(13)16-19-10-15(17)18/h2-9H,10H2,1H3. The van der Waals surface area contributed by atoms with Gasteiger partial charge in [-0.1, -0.05) is 42.0 Å². The molecule has 2 rings (SSSR count). The minimum Gasteiger partial charge on any atom is -0.547 e.